The Morgan fingerprint density at radius 3 is 2.78 bits per heavy atom. The number of benzene rings is 1. The largest absolute Gasteiger partial charge is 0.366 e. The van der Waals surface area contributed by atoms with Crippen molar-refractivity contribution in [1.29, 1.82) is 0 Å². The minimum atomic E-state index is 0.416. The molecule has 18 heavy (non-hydrogen) atoms. The SMILES string of the molecule is Cc1ccc(Cl)cc1N1CC(CN)N(C)CC1C. The van der Waals surface area contributed by atoms with Gasteiger partial charge in [-0.3, -0.25) is 4.90 Å². The topological polar surface area (TPSA) is 32.5 Å². The molecule has 4 heteroatoms. The molecule has 1 saturated heterocycles. The molecule has 0 saturated carbocycles. The van der Waals surface area contributed by atoms with E-state index in [4.69, 9.17) is 17.3 Å². The molecule has 1 fully saturated rings. The lowest BCUT2D eigenvalue weighted by molar-refractivity contribution is 0.197. The third-order valence-corrected chi connectivity index (χ3v) is 4.10. The highest BCUT2D eigenvalue weighted by Gasteiger charge is 2.29. The van der Waals surface area contributed by atoms with E-state index in [9.17, 15) is 0 Å². The van der Waals surface area contributed by atoms with Crippen molar-refractivity contribution in [2.45, 2.75) is 25.9 Å². The van der Waals surface area contributed by atoms with Gasteiger partial charge in [0, 0.05) is 42.4 Å². The maximum Gasteiger partial charge on any atom is 0.0426 e. The summed E-state index contributed by atoms with van der Waals surface area (Å²) in [6, 6.07) is 6.99. The smallest absolute Gasteiger partial charge is 0.0426 e. The van der Waals surface area contributed by atoms with Crippen LogP contribution in [-0.4, -0.2) is 43.7 Å². The average Bonchev–Trinajstić information content (AvgIpc) is 2.33. The second-order valence-electron chi connectivity index (χ2n) is 5.26. The minimum absolute atomic E-state index is 0.416. The molecule has 1 aliphatic heterocycles. The van der Waals surface area contributed by atoms with Crippen LogP contribution in [0, 0.1) is 6.92 Å². The van der Waals surface area contributed by atoms with Gasteiger partial charge >= 0.3 is 0 Å². The minimum Gasteiger partial charge on any atom is -0.366 e. The number of nitrogens with two attached hydrogens (primary N) is 1. The molecule has 1 heterocycles. The predicted molar refractivity (Wildman–Crippen MR) is 78.5 cm³/mol. The first kappa shape index (κ1) is 13.7. The fourth-order valence-corrected chi connectivity index (χ4v) is 2.86. The molecule has 0 spiro atoms. The van der Waals surface area contributed by atoms with Gasteiger partial charge in [-0.05, 0) is 38.6 Å². The van der Waals surface area contributed by atoms with E-state index in [2.05, 4.69) is 42.8 Å². The Hall–Kier alpha value is -0.770. The lowest BCUT2D eigenvalue weighted by Crippen LogP contribution is -2.58. The van der Waals surface area contributed by atoms with Crippen LogP contribution in [0.3, 0.4) is 0 Å². The number of rotatable bonds is 2. The highest BCUT2D eigenvalue weighted by atomic mass is 35.5. The molecule has 100 valence electrons. The first-order valence-electron chi connectivity index (χ1n) is 6.46. The molecule has 2 N–H and O–H groups in total. The number of nitrogens with zero attached hydrogens (tertiary/aromatic N) is 2. The molecule has 1 aliphatic rings. The summed E-state index contributed by atoms with van der Waals surface area (Å²) in [6.07, 6.45) is 0. The van der Waals surface area contributed by atoms with E-state index in [-0.39, 0.29) is 0 Å². The highest BCUT2D eigenvalue weighted by Crippen LogP contribution is 2.28. The molecule has 0 amide bonds. The third kappa shape index (κ3) is 2.63. The molecule has 1 aromatic rings. The molecule has 3 nitrogen and oxygen atoms in total. The van der Waals surface area contributed by atoms with Crippen molar-refractivity contribution >= 4 is 17.3 Å². The molecule has 1 aromatic carbocycles. The summed E-state index contributed by atoms with van der Waals surface area (Å²) in [4.78, 5) is 4.78. The second-order valence-corrected chi connectivity index (χ2v) is 5.70. The van der Waals surface area contributed by atoms with Gasteiger partial charge < -0.3 is 10.6 Å². The maximum absolute atomic E-state index is 6.12. The summed E-state index contributed by atoms with van der Waals surface area (Å²) < 4.78 is 0. The van der Waals surface area contributed by atoms with E-state index in [0.717, 1.165) is 18.1 Å². The Labute approximate surface area is 115 Å². The Morgan fingerprint density at radius 2 is 2.11 bits per heavy atom. The zero-order valence-electron chi connectivity index (χ0n) is 11.4. The summed E-state index contributed by atoms with van der Waals surface area (Å²) in [6.45, 7) is 7.08. The van der Waals surface area contributed by atoms with Crippen LogP contribution in [0.5, 0.6) is 0 Å². The van der Waals surface area contributed by atoms with Crippen LogP contribution >= 0.6 is 11.6 Å². The van der Waals surface area contributed by atoms with Crippen molar-refractivity contribution in [3.63, 3.8) is 0 Å². The summed E-state index contributed by atoms with van der Waals surface area (Å²) in [5.74, 6) is 0. The molecule has 2 unspecified atom stereocenters. The fraction of sp³-hybridized carbons (Fsp3) is 0.571. The van der Waals surface area contributed by atoms with Crippen molar-refractivity contribution in [1.82, 2.24) is 4.90 Å². The normalized spacial score (nSPS) is 25.5. The predicted octanol–water partition coefficient (Wildman–Crippen LogP) is 2.12. The van der Waals surface area contributed by atoms with Gasteiger partial charge in [-0.15, -0.1) is 0 Å². The molecule has 0 bridgehead atoms. The molecule has 0 aliphatic carbocycles. The van der Waals surface area contributed by atoms with E-state index in [1.54, 1.807) is 0 Å². The summed E-state index contributed by atoms with van der Waals surface area (Å²) in [5.41, 5.74) is 8.36. The molecular weight excluding hydrogens is 246 g/mol. The van der Waals surface area contributed by atoms with Gasteiger partial charge in [0.15, 0.2) is 0 Å². The Kier molecular flexibility index (Phi) is 4.15. The van der Waals surface area contributed by atoms with Gasteiger partial charge in [-0.25, -0.2) is 0 Å². The van der Waals surface area contributed by atoms with Crippen LogP contribution in [0.25, 0.3) is 0 Å². The van der Waals surface area contributed by atoms with Gasteiger partial charge in [-0.2, -0.15) is 0 Å². The zero-order valence-corrected chi connectivity index (χ0v) is 12.1. The summed E-state index contributed by atoms with van der Waals surface area (Å²) in [5, 5.41) is 0.797. The lowest BCUT2D eigenvalue weighted by Gasteiger charge is -2.45. The maximum atomic E-state index is 6.12. The fourth-order valence-electron chi connectivity index (χ4n) is 2.69. The highest BCUT2D eigenvalue weighted by molar-refractivity contribution is 6.30. The van der Waals surface area contributed by atoms with Crippen molar-refractivity contribution in [3.8, 4) is 0 Å². The monoisotopic (exact) mass is 267 g/mol. The van der Waals surface area contributed by atoms with E-state index in [0.29, 0.717) is 18.6 Å². The first-order chi connectivity index (χ1) is 8.52. The molecular formula is C14H22ClN3. The number of hydrogen-bond acceptors (Lipinski definition) is 3. The molecule has 2 atom stereocenters. The first-order valence-corrected chi connectivity index (χ1v) is 6.83. The standard InChI is InChI=1S/C14H22ClN3/c1-10-4-5-12(15)6-14(10)18-9-13(7-16)17(3)8-11(18)2/h4-6,11,13H,7-9,16H2,1-3H3. The van der Waals surface area contributed by atoms with Gasteiger partial charge in [-0.1, -0.05) is 17.7 Å². The van der Waals surface area contributed by atoms with Crippen molar-refractivity contribution in [2.24, 2.45) is 5.73 Å². The number of likely N-dealkylation sites (N-methyl/N-ethyl adjacent to an activating group) is 1. The second kappa shape index (κ2) is 5.47. The van der Waals surface area contributed by atoms with Gasteiger partial charge in [0.1, 0.15) is 0 Å². The van der Waals surface area contributed by atoms with Crippen LogP contribution in [-0.2, 0) is 0 Å². The number of hydrogen-bond donors (Lipinski definition) is 1. The third-order valence-electron chi connectivity index (χ3n) is 3.87. The number of aryl methyl sites for hydroxylation is 1. The molecule has 0 radical (unpaired) electrons. The van der Waals surface area contributed by atoms with Crippen LogP contribution < -0.4 is 10.6 Å². The Morgan fingerprint density at radius 1 is 1.39 bits per heavy atom. The summed E-state index contributed by atoms with van der Waals surface area (Å²) >= 11 is 6.12. The van der Waals surface area contributed by atoms with Crippen LogP contribution in [0.15, 0.2) is 18.2 Å². The van der Waals surface area contributed by atoms with Crippen molar-refractivity contribution in [3.05, 3.63) is 28.8 Å². The van der Waals surface area contributed by atoms with Crippen molar-refractivity contribution < 1.29 is 0 Å². The van der Waals surface area contributed by atoms with E-state index in [1.807, 2.05) is 6.07 Å². The molecule has 0 aromatic heterocycles. The zero-order chi connectivity index (χ0) is 13.3. The van der Waals surface area contributed by atoms with E-state index < -0.39 is 0 Å². The van der Waals surface area contributed by atoms with Gasteiger partial charge in [0.2, 0.25) is 0 Å². The van der Waals surface area contributed by atoms with Crippen LogP contribution in [0.1, 0.15) is 12.5 Å². The number of halogens is 1. The number of piperazine rings is 1. The van der Waals surface area contributed by atoms with Crippen molar-refractivity contribution in [2.75, 3.05) is 31.6 Å². The van der Waals surface area contributed by atoms with Gasteiger partial charge in [0.25, 0.3) is 0 Å². The quantitative estimate of drug-likeness (QED) is 0.891. The molecule has 2 rings (SSSR count). The number of anilines is 1. The summed E-state index contributed by atoms with van der Waals surface area (Å²) in [7, 11) is 2.15. The average molecular weight is 268 g/mol. The van der Waals surface area contributed by atoms with Crippen LogP contribution in [0.2, 0.25) is 5.02 Å². The van der Waals surface area contributed by atoms with Crippen LogP contribution in [0.4, 0.5) is 5.69 Å². The van der Waals surface area contributed by atoms with E-state index in [1.165, 1.54) is 11.3 Å². The Bertz CT molecular complexity index is 422. The Balaban J connectivity index is 2.28. The van der Waals surface area contributed by atoms with E-state index >= 15 is 0 Å². The lowest BCUT2D eigenvalue weighted by atomic mass is 10.0. The van der Waals surface area contributed by atoms with Gasteiger partial charge in [0.05, 0.1) is 0 Å².